The van der Waals surface area contributed by atoms with E-state index >= 15 is 0 Å². The number of rotatable bonds is 10. The number of carbonyl (C=O) groups excluding carboxylic acids is 3. The van der Waals surface area contributed by atoms with Gasteiger partial charge in [-0.05, 0) is 67.9 Å². The second-order valence-corrected chi connectivity index (χ2v) is 10.4. The summed E-state index contributed by atoms with van der Waals surface area (Å²) in [5.41, 5.74) is -2.81. The van der Waals surface area contributed by atoms with Gasteiger partial charge in [-0.3, -0.25) is 14.4 Å². The lowest BCUT2D eigenvalue weighted by Crippen LogP contribution is -2.46. The first-order chi connectivity index (χ1) is 20.0. The quantitative estimate of drug-likeness (QED) is 0.198. The highest BCUT2D eigenvalue weighted by atomic mass is 35.5. The van der Waals surface area contributed by atoms with E-state index in [0.29, 0.717) is 0 Å². The van der Waals surface area contributed by atoms with E-state index in [2.05, 4.69) is 16.0 Å². The highest BCUT2D eigenvalue weighted by molar-refractivity contribution is 6.34. The van der Waals surface area contributed by atoms with Crippen molar-refractivity contribution in [2.75, 3.05) is 17.2 Å². The lowest BCUT2D eigenvalue weighted by molar-refractivity contribution is -0.211. The van der Waals surface area contributed by atoms with Gasteiger partial charge in [0.2, 0.25) is 5.91 Å². The van der Waals surface area contributed by atoms with Crippen LogP contribution in [-0.2, 0) is 11.3 Å². The largest absolute Gasteiger partial charge is 0.487 e. The molecule has 0 aromatic heterocycles. The molecule has 15 heteroatoms. The standard InChI is InChI=1S/C28H23Cl2F6N3O4/c1-27(2,28(34,35)36)26(42)37-12-14-3-6-19(29)17(9-14)24(40)38-15-5-8-22(43-13-23(32)33)18(10-15)25(41)39-16-4-7-20(30)21(31)11-16/h3-11,23H,12-13H2,1-2H3,(H,37,42)(H,38,40)(H,39,41). The number of hydrogen-bond acceptors (Lipinski definition) is 4. The first kappa shape index (κ1) is 33.5. The molecule has 0 fully saturated rings. The first-order valence-electron chi connectivity index (χ1n) is 12.3. The van der Waals surface area contributed by atoms with Crippen molar-refractivity contribution in [3.63, 3.8) is 0 Å². The van der Waals surface area contributed by atoms with Crippen molar-refractivity contribution in [3.8, 4) is 5.75 Å². The molecule has 0 aliphatic rings. The normalized spacial score (nSPS) is 11.7. The minimum absolute atomic E-state index is 0.00327. The van der Waals surface area contributed by atoms with Gasteiger partial charge >= 0.3 is 6.18 Å². The van der Waals surface area contributed by atoms with Crippen LogP contribution in [0.5, 0.6) is 5.75 Å². The third kappa shape index (κ3) is 8.54. The summed E-state index contributed by atoms with van der Waals surface area (Å²) in [5, 5.41) is 6.81. The van der Waals surface area contributed by atoms with E-state index in [4.69, 9.17) is 27.9 Å². The number of hydrogen-bond donors (Lipinski definition) is 3. The van der Waals surface area contributed by atoms with Crippen LogP contribution in [0.15, 0.2) is 54.6 Å². The number of alkyl halides is 5. The van der Waals surface area contributed by atoms with Crippen molar-refractivity contribution in [1.29, 1.82) is 0 Å². The lowest BCUT2D eigenvalue weighted by Gasteiger charge is -2.26. The summed E-state index contributed by atoms with van der Waals surface area (Å²) in [5.74, 6) is -4.05. The van der Waals surface area contributed by atoms with Gasteiger partial charge in [0, 0.05) is 17.9 Å². The van der Waals surface area contributed by atoms with Crippen LogP contribution in [0.4, 0.5) is 37.7 Å². The second-order valence-electron chi connectivity index (χ2n) is 9.57. The molecule has 0 radical (unpaired) electrons. The van der Waals surface area contributed by atoms with E-state index in [-0.39, 0.29) is 50.4 Å². The minimum atomic E-state index is -4.79. The molecule has 43 heavy (non-hydrogen) atoms. The smallest absolute Gasteiger partial charge is 0.402 e. The molecule has 0 aliphatic carbocycles. The van der Waals surface area contributed by atoms with Gasteiger partial charge in [0.05, 0.1) is 21.2 Å². The highest BCUT2D eigenvalue weighted by Gasteiger charge is 2.52. The maximum Gasteiger partial charge on any atom is 0.402 e. The number of anilines is 2. The van der Waals surface area contributed by atoms with Crippen LogP contribution in [0.3, 0.4) is 0 Å². The zero-order chi connectivity index (χ0) is 32.1. The van der Waals surface area contributed by atoms with E-state index in [1.807, 2.05) is 0 Å². The Morgan fingerprint density at radius 3 is 2.02 bits per heavy atom. The van der Waals surface area contributed by atoms with Gasteiger partial charge in [-0.2, -0.15) is 13.2 Å². The van der Waals surface area contributed by atoms with Crippen molar-refractivity contribution >= 4 is 52.3 Å². The molecule has 230 valence electrons. The van der Waals surface area contributed by atoms with Crippen molar-refractivity contribution in [3.05, 3.63) is 87.2 Å². The third-order valence-electron chi connectivity index (χ3n) is 6.03. The average molecular weight is 650 g/mol. The van der Waals surface area contributed by atoms with Crippen LogP contribution in [0.25, 0.3) is 0 Å². The SMILES string of the molecule is CC(C)(C(=O)NCc1ccc(Cl)c(C(=O)Nc2ccc(OCC(F)F)c(C(=O)Nc3ccc(Cl)c(F)c3)c2)c1)C(F)(F)F. The molecule has 0 spiro atoms. The van der Waals surface area contributed by atoms with Crippen molar-refractivity contribution in [1.82, 2.24) is 5.32 Å². The summed E-state index contributed by atoms with van der Waals surface area (Å²) in [6.45, 7) is 0.0759. The Hall–Kier alpha value is -3.97. The van der Waals surface area contributed by atoms with Gasteiger partial charge in [-0.15, -0.1) is 0 Å². The minimum Gasteiger partial charge on any atom is -0.487 e. The fourth-order valence-corrected chi connectivity index (χ4v) is 3.74. The van der Waals surface area contributed by atoms with Crippen molar-refractivity contribution in [2.45, 2.75) is 33.0 Å². The number of halogens is 8. The molecule has 0 heterocycles. The fraction of sp³-hybridized carbons (Fsp3) is 0.250. The Morgan fingerprint density at radius 2 is 1.42 bits per heavy atom. The number of ether oxygens (including phenoxy) is 1. The summed E-state index contributed by atoms with van der Waals surface area (Å²) in [6, 6.07) is 10.9. The molecule has 0 bridgehead atoms. The third-order valence-corrected chi connectivity index (χ3v) is 6.67. The van der Waals surface area contributed by atoms with Crippen molar-refractivity contribution < 1.29 is 45.5 Å². The molecule has 3 N–H and O–H groups in total. The molecule has 0 atom stereocenters. The average Bonchev–Trinajstić information content (AvgIpc) is 2.92. The maximum absolute atomic E-state index is 13.8. The van der Waals surface area contributed by atoms with Crippen LogP contribution in [0, 0.1) is 11.2 Å². The van der Waals surface area contributed by atoms with E-state index in [1.54, 1.807) is 0 Å². The fourth-order valence-electron chi connectivity index (χ4n) is 3.42. The second kappa shape index (κ2) is 13.6. The predicted molar refractivity (Wildman–Crippen MR) is 148 cm³/mol. The molecule has 3 aromatic rings. The Morgan fingerprint density at radius 1 is 0.837 bits per heavy atom. The highest BCUT2D eigenvalue weighted by Crippen LogP contribution is 2.37. The summed E-state index contributed by atoms with van der Waals surface area (Å²) in [6.07, 6.45) is -7.65. The monoisotopic (exact) mass is 649 g/mol. The molecule has 3 rings (SSSR count). The summed E-state index contributed by atoms with van der Waals surface area (Å²) in [4.78, 5) is 38.1. The van der Waals surface area contributed by atoms with Crippen LogP contribution in [-0.4, -0.2) is 36.9 Å². The van der Waals surface area contributed by atoms with E-state index < -0.39 is 48.2 Å². The molecule has 0 saturated carbocycles. The number of benzene rings is 3. The Labute approximate surface area is 251 Å². The molecule has 3 amide bonds. The zero-order valence-electron chi connectivity index (χ0n) is 22.3. The Balaban J connectivity index is 1.82. The lowest BCUT2D eigenvalue weighted by atomic mass is 9.91. The van der Waals surface area contributed by atoms with Gasteiger partial charge in [-0.1, -0.05) is 29.3 Å². The van der Waals surface area contributed by atoms with Crippen LogP contribution in [0.1, 0.15) is 40.1 Å². The van der Waals surface area contributed by atoms with Gasteiger partial charge in [0.15, 0.2) is 0 Å². The van der Waals surface area contributed by atoms with Crippen LogP contribution < -0.4 is 20.7 Å². The first-order valence-corrected chi connectivity index (χ1v) is 13.0. The van der Waals surface area contributed by atoms with Gasteiger partial charge in [0.25, 0.3) is 18.2 Å². The van der Waals surface area contributed by atoms with Gasteiger partial charge < -0.3 is 20.7 Å². The van der Waals surface area contributed by atoms with Crippen LogP contribution in [0.2, 0.25) is 10.0 Å². The van der Waals surface area contributed by atoms with E-state index in [1.165, 1.54) is 36.4 Å². The predicted octanol–water partition coefficient (Wildman–Crippen LogP) is 7.49. The van der Waals surface area contributed by atoms with Crippen molar-refractivity contribution in [2.24, 2.45) is 5.41 Å². The number of nitrogens with one attached hydrogen (secondary N) is 3. The Bertz CT molecular complexity index is 1530. The zero-order valence-corrected chi connectivity index (χ0v) is 23.9. The van der Waals surface area contributed by atoms with Crippen LogP contribution >= 0.6 is 23.2 Å². The van der Waals surface area contributed by atoms with E-state index in [9.17, 15) is 40.7 Å². The molecule has 3 aromatic carbocycles. The molecular weight excluding hydrogens is 627 g/mol. The summed E-state index contributed by atoms with van der Waals surface area (Å²) in [7, 11) is 0. The summed E-state index contributed by atoms with van der Waals surface area (Å²) >= 11 is 11.8. The molecular formula is C28H23Cl2F6N3O4. The van der Waals surface area contributed by atoms with E-state index in [0.717, 1.165) is 32.0 Å². The molecule has 0 aliphatic heterocycles. The molecule has 0 unspecified atom stereocenters. The topological polar surface area (TPSA) is 96.5 Å². The molecule has 7 nitrogen and oxygen atoms in total. The summed E-state index contributed by atoms with van der Waals surface area (Å²) < 4.78 is 83.8. The van der Waals surface area contributed by atoms with Gasteiger partial charge in [-0.25, -0.2) is 13.2 Å². The Kier molecular flexibility index (Phi) is 10.6. The number of carbonyl (C=O) groups is 3. The van der Waals surface area contributed by atoms with Gasteiger partial charge in [0.1, 0.15) is 23.6 Å². The number of amides is 3. The maximum atomic E-state index is 13.8. The molecule has 0 saturated heterocycles.